The summed E-state index contributed by atoms with van der Waals surface area (Å²) in [6.45, 7) is 0.762. The van der Waals surface area contributed by atoms with E-state index in [1.807, 2.05) is 29.6 Å². The zero-order valence-corrected chi connectivity index (χ0v) is 12.7. The molecule has 0 amide bonds. The maximum atomic E-state index is 13.7. The van der Waals surface area contributed by atoms with Crippen molar-refractivity contribution < 1.29 is 9.50 Å². The first kappa shape index (κ1) is 14.7. The molecule has 3 aromatic rings. The van der Waals surface area contributed by atoms with E-state index in [0.29, 0.717) is 18.7 Å². The number of aliphatic hydroxyl groups is 1. The van der Waals surface area contributed by atoms with Gasteiger partial charge in [-0.3, -0.25) is 0 Å². The Bertz CT molecular complexity index is 740. The lowest BCUT2D eigenvalue weighted by Gasteiger charge is -2.09. The Morgan fingerprint density at radius 1 is 1.23 bits per heavy atom. The van der Waals surface area contributed by atoms with Crippen molar-refractivity contribution in [2.24, 2.45) is 0 Å². The van der Waals surface area contributed by atoms with Crippen LogP contribution in [0.25, 0.3) is 10.6 Å². The zero-order chi connectivity index (χ0) is 15.4. The average Bonchev–Trinajstić information content (AvgIpc) is 3.16. The number of hydrogen-bond acceptors (Lipinski definition) is 4. The molecule has 2 heterocycles. The molecule has 3 rings (SSSR count). The summed E-state index contributed by atoms with van der Waals surface area (Å²) in [5.41, 5.74) is 1.44. The number of benzene rings is 1. The van der Waals surface area contributed by atoms with Gasteiger partial charge in [-0.05, 0) is 17.5 Å². The van der Waals surface area contributed by atoms with E-state index in [9.17, 15) is 4.39 Å². The largest absolute Gasteiger partial charge is 0.394 e. The molecule has 1 aromatic carbocycles. The van der Waals surface area contributed by atoms with Gasteiger partial charge in [-0.25, -0.2) is 9.07 Å². The van der Waals surface area contributed by atoms with Crippen molar-refractivity contribution >= 4 is 17.2 Å². The number of hydrogen-bond donors (Lipinski definition) is 2. The predicted molar refractivity (Wildman–Crippen MR) is 86.4 cm³/mol. The predicted octanol–water partition coefficient (Wildman–Crippen LogP) is 3.36. The summed E-state index contributed by atoms with van der Waals surface area (Å²) >= 11 is 1.61. The van der Waals surface area contributed by atoms with Gasteiger partial charge in [-0.1, -0.05) is 24.3 Å². The van der Waals surface area contributed by atoms with Crippen LogP contribution in [0.1, 0.15) is 5.56 Å². The number of halogens is 1. The Morgan fingerprint density at radius 2 is 2.09 bits per heavy atom. The molecule has 114 valence electrons. The molecule has 0 radical (unpaired) electrons. The van der Waals surface area contributed by atoms with Crippen molar-refractivity contribution in [3.05, 3.63) is 59.2 Å². The summed E-state index contributed by atoms with van der Waals surface area (Å²) in [5, 5.41) is 18.8. The highest BCUT2D eigenvalue weighted by molar-refractivity contribution is 7.13. The lowest BCUT2D eigenvalue weighted by Crippen LogP contribution is -2.10. The molecule has 0 bridgehead atoms. The quantitative estimate of drug-likeness (QED) is 0.733. The highest BCUT2D eigenvalue weighted by atomic mass is 32.1. The van der Waals surface area contributed by atoms with E-state index in [2.05, 4.69) is 10.4 Å². The molecular weight excluding hydrogens is 301 g/mol. The summed E-state index contributed by atoms with van der Waals surface area (Å²) in [4.78, 5) is 1.06. The van der Waals surface area contributed by atoms with Gasteiger partial charge in [-0.2, -0.15) is 5.10 Å². The normalized spacial score (nSPS) is 10.8. The van der Waals surface area contributed by atoms with Crippen molar-refractivity contribution in [1.29, 1.82) is 0 Å². The van der Waals surface area contributed by atoms with E-state index in [-0.39, 0.29) is 12.4 Å². The summed E-state index contributed by atoms with van der Waals surface area (Å²) in [5.74, 6) is 0.530. The zero-order valence-electron chi connectivity index (χ0n) is 11.9. The van der Waals surface area contributed by atoms with Crippen LogP contribution in [0.3, 0.4) is 0 Å². The fourth-order valence-electron chi connectivity index (χ4n) is 2.20. The second-order valence-electron chi connectivity index (χ2n) is 4.78. The number of thiophene rings is 1. The van der Waals surface area contributed by atoms with Gasteiger partial charge < -0.3 is 10.4 Å². The van der Waals surface area contributed by atoms with Gasteiger partial charge in [0.1, 0.15) is 17.3 Å². The summed E-state index contributed by atoms with van der Waals surface area (Å²) < 4.78 is 15.4. The van der Waals surface area contributed by atoms with Crippen molar-refractivity contribution in [1.82, 2.24) is 9.78 Å². The highest BCUT2D eigenvalue weighted by Crippen LogP contribution is 2.26. The van der Waals surface area contributed by atoms with E-state index in [1.54, 1.807) is 28.2 Å². The van der Waals surface area contributed by atoms with Crippen LogP contribution < -0.4 is 5.32 Å². The fourth-order valence-corrected chi connectivity index (χ4v) is 2.88. The molecule has 0 fully saturated rings. The lowest BCUT2D eigenvalue weighted by atomic mass is 10.2. The third-order valence-electron chi connectivity index (χ3n) is 3.28. The minimum atomic E-state index is -0.235. The molecule has 2 aromatic heterocycles. The molecule has 0 spiro atoms. The van der Waals surface area contributed by atoms with E-state index < -0.39 is 0 Å². The van der Waals surface area contributed by atoms with Crippen LogP contribution >= 0.6 is 11.3 Å². The van der Waals surface area contributed by atoms with Crippen LogP contribution in [-0.4, -0.2) is 21.5 Å². The van der Waals surface area contributed by atoms with Gasteiger partial charge in [0.25, 0.3) is 0 Å². The van der Waals surface area contributed by atoms with Crippen LogP contribution in [-0.2, 0) is 13.1 Å². The first-order chi connectivity index (χ1) is 10.8. The summed E-state index contributed by atoms with van der Waals surface area (Å²) in [6, 6.07) is 12.6. The van der Waals surface area contributed by atoms with E-state index >= 15 is 0 Å². The third kappa shape index (κ3) is 3.18. The van der Waals surface area contributed by atoms with Crippen molar-refractivity contribution in [2.45, 2.75) is 13.1 Å². The molecular formula is C16H16FN3OS. The van der Waals surface area contributed by atoms with Crippen molar-refractivity contribution in [2.75, 3.05) is 11.9 Å². The average molecular weight is 317 g/mol. The highest BCUT2D eigenvalue weighted by Gasteiger charge is 2.10. The van der Waals surface area contributed by atoms with E-state index in [4.69, 9.17) is 5.11 Å². The fraction of sp³-hybridized carbons (Fsp3) is 0.188. The second kappa shape index (κ2) is 6.72. The molecule has 4 nitrogen and oxygen atoms in total. The van der Waals surface area contributed by atoms with Gasteiger partial charge in [0, 0.05) is 18.2 Å². The molecule has 0 saturated carbocycles. The lowest BCUT2D eigenvalue weighted by molar-refractivity contribution is 0.270. The number of nitrogens with zero attached hydrogens (tertiary/aromatic N) is 2. The first-order valence-corrected chi connectivity index (χ1v) is 7.86. The minimum Gasteiger partial charge on any atom is -0.394 e. The molecule has 6 heteroatoms. The van der Waals surface area contributed by atoms with E-state index in [0.717, 1.165) is 16.4 Å². The standard InChI is InChI=1S/C16H16FN3OS/c17-13-5-2-1-4-12(13)11-18-16-10-14(15-6-3-9-22-15)19-20(16)7-8-21/h1-6,9-10,18,21H,7-8,11H2. The Balaban J connectivity index is 1.81. The van der Waals surface area contributed by atoms with Gasteiger partial charge in [-0.15, -0.1) is 11.3 Å². The number of anilines is 1. The van der Waals surface area contributed by atoms with Gasteiger partial charge in [0.05, 0.1) is 18.0 Å². The molecule has 0 unspecified atom stereocenters. The maximum absolute atomic E-state index is 13.7. The van der Waals surface area contributed by atoms with Crippen molar-refractivity contribution in [3.8, 4) is 10.6 Å². The molecule has 0 atom stereocenters. The molecule has 2 N–H and O–H groups in total. The Hall–Kier alpha value is -2.18. The summed E-state index contributed by atoms with van der Waals surface area (Å²) in [7, 11) is 0. The molecule has 0 aliphatic carbocycles. The third-order valence-corrected chi connectivity index (χ3v) is 4.18. The first-order valence-electron chi connectivity index (χ1n) is 6.98. The minimum absolute atomic E-state index is 0.0000609. The Labute approximate surface area is 131 Å². The molecule has 0 aliphatic rings. The number of aliphatic hydroxyl groups excluding tert-OH is 1. The smallest absolute Gasteiger partial charge is 0.128 e. The number of nitrogens with one attached hydrogen (secondary N) is 1. The van der Waals surface area contributed by atoms with Crippen LogP contribution in [0.2, 0.25) is 0 Å². The van der Waals surface area contributed by atoms with E-state index in [1.165, 1.54) is 6.07 Å². The Kier molecular flexibility index (Phi) is 4.50. The summed E-state index contributed by atoms with van der Waals surface area (Å²) in [6.07, 6.45) is 0. The van der Waals surface area contributed by atoms with Gasteiger partial charge in [0.15, 0.2) is 0 Å². The van der Waals surface area contributed by atoms with Crippen LogP contribution in [0.4, 0.5) is 10.2 Å². The number of rotatable bonds is 6. The monoisotopic (exact) mass is 317 g/mol. The van der Waals surface area contributed by atoms with Crippen LogP contribution in [0.15, 0.2) is 47.8 Å². The topological polar surface area (TPSA) is 50.1 Å². The van der Waals surface area contributed by atoms with Crippen LogP contribution in [0, 0.1) is 5.82 Å². The maximum Gasteiger partial charge on any atom is 0.128 e. The Morgan fingerprint density at radius 3 is 2.82 bits per heavy atom. The van der Waals surface area contributed by atoms with Crippen molar-refractivity contribution in [3.63, 3.8) is 0 Å². The number of aromatic nitrogens is 2. The molecule has 22 heavy (non-hydrogen) atoms. The second-order valence-corrected chi connectivity index (χ2v) is 5.73. The molecule has 0 aliphatic heterocycles. The van der Waals surface area contributed by atoms with Crippen LogP contribution in [0.5, 0.6) is 0 Å². The SMILES string of the molecule is OCCn1nc(-c2cccs2)cc1NCc1ccccc1F. The van der Waals surface area contributed by atoms with Gasteiger partial charge in [0.2, 0.25) is 0 Å². The molecule has 0 saturated heterocycles. The van der Waals surface area contributed by atoms with Gasteiger partial charge >= 0.3 is 0 Å².